The van der Waals surface area contributed by atoms with E-state index in [1.165, 1.54) is 11.1 Å². The Labute approximate surface area is 168 Å². The van der Waals surface area contributed by atoms with Gasteiger partial charge in [-0.05, 0) is 56.3 Å². The number of hydrogen-bond acceptors (Lipinski definition) is 2. The molecule has 1 saturated carbocycles. The fourth-order valence-corrected chi connectivity index (χ4v) is 3.99. The highest BCUT2D eigenvalue weighted by molar-refractivity contribution is 9.10. The number of likely N-dealkylation sites (N-methyl/N-ethyl adjacent to an activating group) is 1. The Kier molecular flexibility index (Phi) is 5.06. The van der Waals surface area contributed by atoms with Gasteiger partial charge in [0, 0.05) is 34.6 Å². The fraction of sp³-hybridized carbons (Fsp3) is 0.318. The minimum absolute atomic E-state index is 0.0399. The number of carbonyl (C=O) groups excluding carboxylic acids is 1. The number of fused-ring (bicyclic) bond motifs is 1. The molecule has 1 amide bonds. The van der Waals surface area contributed by atoms with Crippen molar-refractivity contribution < 1.29 is 4.79 Å². The molecule has 0 radical (unpaired) electrons. The van der Waals surface area contributed by atoms with Crippen molar-refractivity contribution in [3.8, 4) is 0 Å². The summed E-state index contributed by atoms with van der Waals surface area (Å²) in [5.41, 5.74) is 3.46. The topological polar surface area (TPSA) is 37.3 Å². The van der Waals surface area contributed by atoms with Gasteiger partial charge < -0.3 is 10.2 Å². The smallest absolute Gasteiger partial charge is 0.326 e. The molecule has 0 unspecified atom stereocenters. The molecule has 3 aromatic rings. The number of rotatable bonds is 5. The molecule has 4 rings (SSSR count). The van der Waals surface area contributed by atoms with Crippen molar-refractivity contribution in [1.82, 2.24) is 14.8 Å². The van der Waals surface area contributed by atoms with Crippen molar-refractivity contribution in [2.45, 2.75) is 24.8 Å². The van der Waals surface area contributed by atoms with Crippen LogP contribution in [0.1, 0.15) is 23.5 Å². The number of carbonyl (C=O) groups is 1. The second-order valence-electron chi connectivity index (χ2n) is 7.55. The molecule has 5 heteroatoms. The zero-order valence-electron chi connectivity index (χ0n) is 15.7. The van der Waals surface area contributed by atoms with Gasteiger partial charge in [-0.1, -0.05) is 46.3 Å². The quantitative estimate of drug-likeness (QED) is 0.647. The van der Waals surface area contributed by atoms with Crippen molar-refractivity contribution in [2.75, 3.05) is 20.6 Å². The van der Waals surface area contributed by atoms with Crippen molar-refractivity contribution in [2.24, 2.45) is 0 Å². The summed E-state index contributed by atoms with van der Waals surface area (Å²) >= 11 is 3.56. The summed E-state index contributed by atoms with van der Waals surface area (Å²) in [4.78, 5) is 15.1. The van der Waals surface area contributed by atoms with E-state index in [2.05, 4.69) is 70.6 Å². The second kappa shape index (κ2) is 7.49. The first-order valence-corrected chi connectivity index (χ1v) is 10.1. The van der Waals surface area contributed by atoms with Gasteiger partial charge in [-0.25, -0.2) is 4.79 Å². The van der Waals surface area contributed by atoms with Crippen LogP contribution in [0.15, 0.2) is 59.2 Å². The molecule has 2 atom stereocenters. The van der Waals surface area contributed by atoms with E-state index in [1.807, 2.05) is 24.4 Å². The van der Waals surface area contributed by atoms with Crippen LogP contribution in [0.25, 0.3) is 10.9 Å². The van der Waals surface area contributed by atoms with Gasteiger partial charge in [0.15, 0.2) is 0 Å². The van der Waals surface area contributed by atoms with Gasteiger partial charge in [-0.2, -0.15) is 0 Å². The first-order valence-electron chi connectivity index (χ1n) is 9.33. The van der Waals surface area contributed by atoms with E-state index in [1.54, 1.807) is 4.57 Å². The van der Waals surface area contributed by atoms with Crippen LogP contribution < -0.4 is 5.32 Å². The average Bonchev–Trinajstić information content (AvgIpc) is 3.32. The molecule has 1 aromatic heterocycles. The van der Waals surface area contributed by atoms with Crippen molar-refractivity contribution in [3.63, 3.8) is 0 Å². The lowest BCUT2D eigenvalue weighted by Gasteiger charge is -2.08. The van der Waals surface area contributed by atoms with Crippen LogP contribution in [0.5, 0.6) is 0 Å². The predicted octanol–water partition coefficient (Wildman–Crippen LogP) is 4.62. The van der Waals surface area contributed by atoms with E-state index in [-0.39, 0.29) is 12.1 Å². The Balaban J connectivity index is 1.55. The molecule has 1 aliphatic rings. The highest BCUT2D eigenvalue weighted by Crippen LogP contribution is 2.40. The Morgan fingerprint density at radius 2 is 2.00 bits per heavy atom. The molecule has 4 nitrogen and oxygen atoms in total. The molecule has 1 heterocycles. The Hall–Kier alpha value is -2.11. The first kappa shape index (κ1) is 18.3. The van der Waals surface area contributed by atoms with Crippen molar-refractivity contribution in [1.29, 1.82) is 0 Å². The molecule has 27 heavy (non-hydrogen) atoms. The number of halogens is 1. The van der Waals surface area contributed by atoms with Gasteiger partial charge in [0.25, 0.3) is 0 Å². The molecule has 0 aliphatic heterocycles. The summed E-state index contributed by atoms with van der Waals surface area (Å²) in [7, 11) is 4.14. The van der Waals surface area contributed by atoms with Crippen LogP contribution in [0.2, 0.25) is 0 Å². The van der Waals surface area contributed by atoms with E-state index in [0.717, 1.165) is 34.8 Å². The zero-order valence-corrected chi connectivity index (χ0v) is 17.2. The summed E-state index contributed by atoms with van der Waals surface area (Å²) in [5.74, 6) is 0.430. The van der Waals surface area contributed by atoms with E-state index in [4.69, 9.17) is 0 Å². The highest BCUT2D eigenvalue weighted by Gasteiger charge is 2.39. The molecule has 140 valence electrons. The number of nitrogens with zero attached hydrogens (tertiary/aromatic N) is 2. The van der Waals surface area contributed by atoms with Crippen molar-refractivity contribution >= 4 is 32.9 Å². The van der Waals surface area contributed by atoms with Gasteiger partial charge in [-0.15, -0.1) is 0 Å². The molecular formula is C22H24BrN3O. The molecule has 1 N–H and O–H groups in total. The Bertz CT molecular complexity index is 964. The van der Waals surface area contributed by atoms with E-state index in [0.29, 0.717) is 5.92 Å². The van der Waals surface area contributed by atoms with Crippen LogP contribution >= 0.6 is 15.9 Å². The minimum atomic E-state index is -0.0399. The highest BCUT2D eigenvalue weighted by atomic mass is 79.9. The summed E-state index contributed by atoms with van der Waals surface area (Å²) in [6.07, 6.45) is 3.92. The SMILES string of the molecule is CN(C)CCc1cn(C(=O)N[C@H]2C[C@@H]2c2ccccc2)c2ccc(Br)cc12. The minimum Gasteiger partial charge on any atom is -0.334 e. The molecule has 1 aliphatic carbocycles. The lowest BCUT2D eigenvalue weighted by molar-refractivity contribution is 0.242. The monoisotopic (exact) mass is 425 g/mol. The number of nitrogens with one attached hydrogen (secondary N) is 1. The standard InChI is InChI=1S/C22H24BrN3O/c1-25(2)11-10-16-14-26(21-9-8-17(23)12-19(16)21)22(27)24-20-13-18(20)15-6-4-3-5-7-15/h3-9,12,14,18,20H,10-11,13H2,1-2H3,(H,24,27)/t18-,20+/m1/s1. The van der Waals surface area contributed by atoms with Crippen LogP contribution in [0.3, 0.4) is 0 Å². The van der Waals surface area contributed by atoms with E-state index >= 15 is 0 Å². The average molecular weight is 426 g/mol. The maximum absolute atomic E-state index is 13.0. The van der Waals surface area contributed by atoms with Crippen molar-refractivity contribution in [3.05, 3.63) is 70.3 Å². The maximum Gasteiger partial charge on any atom is 0.326 e. The van der Waals surface area contributed by atoms with Gasteiger partial charge in [0.1, 0.15) is 0 Å². The van der Waals surface area contributed by atoms with Crippen LogP contribution in [0.4, 0.5) is 4.79 Å². The molecule has 0 bridgehead atoms. The lowest BCUT2D eigenvalue weighted by Crippen LogP contribution is -2.30. The van der Waals surface area contributed by atoms with Gasteiger partial charge in [0.2, 0.25) is 0 Å². The number of hydrogen-bond donors (Lipinski definition) is 1. The van der Waals surface area contributed by atoms with E-state index in [9.17, 15) is 4.79 Å². The van der Waals surface area contributed by atoms with Gasteiger partial charge >= 0.3 is 6.03 Å². The molecule has 0 spiro atoms. The third-order valence-electron chi connectivity index (χ3n) is 5.22. The molecular weight excluding hydrogens is 402 g/mol. The third-order valence-corrected chi connectivity index (χ3v) is 5.72. The number of amides is 1. The third kappa shape index (κ3) is 3.94. The predicted molar refractivity (Wildman–Crippen MR) is 113 cm³/mol. The molecule has 1 fully saturated rings. The van der Waals surface area contributed by atoms with Crippen LogP contribution in [0, 0.1) is 0 Å². The summed E-state index contributed by atoms with van der Waals surface area (Å²) in [5, 5.41) is 4.34. The number of benzene rings is 2. The lowest BCUT2D eigenvalue weighted by atomic mass is 10.1. The van der Waals surface area contributed by atoms with Crippen LogP contribution in [-0.2, 0) is 6.42 Å². The fourth-order valence-electron chi connectivity index (χ4n) is 3.63. The summed E-state index contributed by atoms with van der Waals surface area (Å²) in [6, 6.07) is 16.7. The molecule has 2 aromatic carbocycles. The number of aromatic nitrogens is 1. The maximum atomic E-state index is 13.0. The molecule has 0 saturated heterocycles. The first-order chi connectivity index (χ1) is 13.0. The Morgan fingerprint density at radius 3 is 2.74 bits per heavy atom. The van der Waals surface area contributed by atoms with Crippen LogP contribution in [-0.4, -0.2) is 42.2 Å². The van der Waals surface area contributed by atoms with Gasteiger partial charge in [-0.3, -0.25) is 4.57 Å². The van der Waals surface area contributed by atoms with E-state index < -0.39 is 0 Å². The largest absolute Gasteiger partial charge is 0.334 e. The zero-order chi connectivity index (χ0) is 19.0. The summed E-state index contributed by atoms with van der Waals surface area (Å²) in [6.45, 7) is 0.950. The summed E-state index contributed by atoms with van der Waals surface area (Å²) < 4.78 is 2.80. The second-order valence-corrected chi connectivity index (χ2v) is 8.46. The Morgan fingerprint density at radius 1 is 1.22 bits per heavy atom. The normalized spacial score (nSPS) is 18.8. The van der Waals surface area contributed by atoms with Gasteiger partial charge in [0.05, 0.1) is 5.52 Å².